The number of carbonyl (C=O) groups excluding carboxylic acids is 6. The SMILES string of the molecule is COC(=O)C(Cc1ccc(N)cc1)NC(=O)OC(C)(C)C.COC(=O)C(Cc1ccc(NC(=O)c2c(Cl)cccc2Cl)cc1)NC(=O)OC(C)(C)C.O=C(Cl)c1c(Cl)cccc1Cl. The minimum absolute atomic E-state index is 0.164. The maximum Gasteiger partial charge on any atom is 0.408 e. The number of halogens is 5. The molecule has 63 heavy (non-hydrogen) atoms. The molecule has 0 aliphatic carbocycles. The molecule has 14 nitrogen and oxygen atoms in total. The molecule has 19 heteroatoms. The quantitative estimate of drug-likeness (QED) is 0.0482. The van der Waals surface area contributed by atoms with Gasteiger partial charge in [0.2, 0.25) is 0 Å². The number of anilines is 2. The van der Waals surface area contributed by atoms with Crippen molar-refractivity contribution < 1.29 is 47.7 Å². The second-order valence-electron chi connectivity index (χ2n) is 15.2. The third-order valence-electron chi connectivity index (χ3n) is 7.77. The zero-order valence-corrected chi connectivity index (χ0v) is 39.5. The van der Waals surface area contributed by atoms with Gasteiger partial charge in [-0.25, -0.2) is 19.2 Å². The molecule has 5 N–H and O–H groups in total. The van der Waals surface area contributed by atoms with Crippen LogP contribution in [0.5, 0.6) is 0 Å². The number of amides is 3. The maximum atomic E-state index is 12.5. The Morgan fingerprint density at radius 3 is 1.24 bits per heavy atom. The first kappa shape index (κ1) is 53.9. The standard InChI is InChI=1S/C22H24Cl2N2O5.C15H22N2O4.C7H3Cl3O/c1-22(2,3)31-21(29)26-17(20(28)30-4)12-13-8-10-14(11-9-13)25-19(27)18-15(23)6-5-7-16(18)24;1-15(2,3)21-14(19)17-12(13(18)20-4)9-10-5-7-11(16)8-6-10;8-4-2-1-3-5(9)6(4)7(10)11/h5-11,17H,12H2,1-4H3,(H,25,27)(H,26,29);5-8,12H,9,16H2,1-4H3,(H,17,19);1-3H. The zero-order chi connectivity index (χ0) is 47.7. The lowest BCUT2D eigenvalue weighted by Gasteiger charge is -2.22. The molecule has 2 unspecified atom stereocenters. The molecule has 0 bridgehead atoms. The fourth-order valence-electron chi connectivity index (χ4n) is 5.01. The Labute approximate surface area is 391 Å². The van der Waals surface area contributed by atoms with Crippen molar-refractivity contribution in [2.24, 2.45) is 0 Å². The van der Waals surface area contributed by atoms with Crippen molar-refractivity contribution >= 4 is 105 Å². The number of nitrogens with two attached hydrogens (primary N) is 1. The molecule has 4 aromatic rings. The Hall–Kier alpha value is -5.25. The minimum atomic E-state index is -0.928. The van der Waals surface area contributed by atoms with Crippen LogP contribution in [0.3, 0.4) is 0 Å². The lowest BCUT2D eigenvalue weighted by atomic mass is 10.1. The van der Waals surface area contributed by atoms with Crippen molar-refractivity contribution in [2.75, 3.05) is 25.3 Å². The number of benzene rings is 4. The van der Waals surface area contributed by atoms with Crippen LogP contribution in [0.15, 0.2) is 84.9 Å². The zero-order valence-electron chi connectivity index (χ0n) is 35.7. The number of ether oxygens (including phenoxy) is 4. The van der Waals surface area contributed by atoms with E-state index in [0.717, 1.165) is 11.1 Å². The first-order valence-electron chi connectivity index (χ1n) is 18.8. The molecule has 3 amide bonds. The van der Waals surface area contributed by atoms with Gasteiger partial charge in [-0.15, -0.1) is 0 Å². The van der Waals surface area contributed by atoms with Gasteiger partial charge in [-0.05, 0) is 113 Å². The van der Waals surface area contributed by atoms with Crippen LogP contribution in [0, 0.1) is 0 Å². The molecule has 4 rings (SSSR count). The highest BCUT2D eigenvalue weighted by Crippen LogP contribution is 2.27. The Bertz CT molecular complexity index is 2170. The first-order chi connectivity index (χ1) is 29.3. The molecule has 0 heterocycles. The lowest BCUT2D eigenvalue weighted by Crippen LogP contribution is -2.45. The molecule has 0 radical (unpaired) electrons. The van der Waals surface area contributed by atoms with Gasteiger partial charge in [-0.3, -0.25) is 9.59 Å². The molecule has 340 valence electrons. The normalized spacial score (nSPS) is 11.7. The van der Waals surface area contributed by atoms with E-state index in [4.69, 9.17) is 82.7 Å². The molecule has 0 aliphatic rings. The number of methoxy groups -OCH3 is 2. The number of esters is 2. The van der Waals surface area contributed by atoms with E-state index in [-0.39, 0.29) is 37.6 Å². The maximum absolute atomic E-state index is 12.5. The highest BCUT2D eigenvalue weighted by atomic mass is 35.5. The molecule has 0 spiro atoms. The summed E-state index contributed by atoms with van der Waals surface area (Å²) >= 11 is 28.6. The second-order valence-corrected chi connectivity index (χ2v) is 17.2. The van der Waals surface area contributed by atoms with Gasteiger partial charge in [0.15, 0.2) is 0 Å². The van der Waals surface area contributed by atoms with E-state index < -0.39 is 58.6 Å². The topological polar surface area (TPSA) is 201 Å². The number of rotatable bonds is 11. The van der Waals surface area contributed by atoms with Crippen LogP contribution in [-0.4, -0.2) is 72.8 Å². The van der Waals surface area contributed by atoms with Gasteiger partial charge < -0.3 is 40.6 Å². The van der Waals surface area contributed by atoms with Gasteiger partial charge in [0.25, 0.3) is 11.1 Å². The van der Waals surface area contributed by atoms with Crippen LogP contribution in [0.4, 0.5) is 21.0 Å². The molecule has 2 atom stereocenters. The van der Waals surface area contributed by atoms with Crippen molar-refractivity contribution in [1.29, 1.82) is 0 Å². The third kappa shape index (κ3) is 19.8. The molecule has 4 aromatic carbocycles. The van der Waals surface area contributed by atoms with Crippen LogP contribution < -0.4 is 21.7 Å². The highest BCUT2D eigenvalue weighted by molar-refractivity contribution is 6.69. The average molecular weight is 971 g/mol. The molecule has 0 fully saturated rings. The third-order valence-corrected chi connectivity index (χ3v) is 9.22. The number of nitrogen functional groups attached to an aromatic ring is 1. The summed E-state index contributed by atoms with van der Waals surface area (Å²) < 4.78 is 19.8. The van der Waals surface area contributed by atoms with Gasteiger partial charge in [-0.1, -0.05) is 82.8 Å². The fourth-order valence-corrected chi connectivity index (χ4v) is 6.45. The summed E-state index contributed by atoms with van der Waals surface area (Å²) in [6.07, 6.45) is -0.903. The Morgan fingerprint density at radius 2 is 0.921 bits per heavy atom. The number of hydrogen-bond acceptors (Lipinski definition) is 11. The molecular weight excluding hydrogens is 922 g/mol. The highest BCUT2D eigenvalue weighted by Gasteiger charge is 2.27. The fraction of sp³-hybridized carbons (Fsp3) is 0.318. The molecule has 0 aromatic heterocycles. The predicted octanol–water partition coefficient (Wildman–Crippen LogP) is 10.1. The summed E-state index contributed by atoms with van der Waals surface area (Å²) in [5, 5.41) is 8.17. The smallest absolute Gasteiger partial charge is 0.408 e. The second kappa shape index (κ2) is 25.1. The summed E-state index contributed by atoms with van der Waals surface area (Å²) in [5.41, 5.74) is 7.37. The summed E-state index contributed by atoms with van der Waals surface area (Å²) in [4.78, 5) is 70.8. The Balaban J connectivity index is 0.000000365. The van der Waals surface area contributed by atoms with Crippen molar-refractivity contribution in [1.82, 2.24) is 10.6 Å². The summed E-state index contributed by atoms with van der Waals surface area (Å²) in [7, 11) is 2.51. The molecule has 0 saturated heterocycles. The van der Waals surface area contributed by atoms with Gasteiger partial charge in [0, 0.05) is 24.2 Å². The summed E-state index contributed by atoms with van der Waals surface area (Å²) in [6.45, 7) is 10.4. The number of carbonyl (C=O) groups is 6. The van der Waals surface area contributed by atoms with Gasteiger partial charge in [-0.2, -0.15) is 0 Å². The van der Waals surface area contributed by atoms with Crippen LogP contribution in [-0.2, 0) is 41.4 Å². The lowest BCUT2D eigenvalue weighted by molar-refractivity contribution is -0.143. The molecule has 0 aliphatic heterocycles. The first-order valence-corrected chi connectivity index (χ1v) is 20.7. The van der Waals surface area contributed by atoms with Crippen molar-refractivity contribution in [2.45, 2.75) is 77.7 Å². The van der Waals surface area contributed by atoms with E-state index in [2.05, 4.69) is 16.0 Å². The summed E-state index contributed by atoms with van der Waals surface area (Å²) in [5.74, 6) is -1.57. The van der Waals surface area contributed by atoms with Crippen molar-refractivity contribution in [3.8, 4) is 0 Å². The molecule has 0 saturated carbocycles. The van der Waals surface area contributed by atoms with Gasteiger partial charge in [0.05, 0.1) is 45.4 Å². The monoisotopic (exact) mass is 968 g/mol. The van der Waals surface area contributed by atoms with Crippen LogP contribution in [0.25, 0.3) is 0 Å². The predicted molar refractivity (Wildman–Crippen MR) is 246 cm³/mol. The van der Waals surface area contributed by atoms with Gasteiger partial charge >= 0.3 is 24.1 Å². The largest absolute Gasteiger partial charge is 0.467 e. The number of hydrogen-bond donors (Lipinski definition) is 4. The van der Waals surface area contributed by atoms with Crippen LogP contribution in [0.1, 0.15) is 73.4 Å². The number of nitrogens with one attached hydrogen (secondary N) is 3. The Morgan fingerprint density at radius 1 is 0.571 bits per heavy atom. The summed E-state index contributed by atoms with van der Waals surface area (Å²) in [6, 6.07) is 21.7. The van der Waals surface area contributed by atoms with Gasteiger partial charge in [0.1, 0.15) is 23.3 Å². The Kier molecular flexibility index (Phi) is 21.5. The van der Waals surface area contributed by atoms with Crippen LogP contribution in [0.2, 0.25) is 20.1 Å². The van der Waals surface area contributed by atoms with E-state index in [1.807, 2.05) is 0 Å². The van der Waals surface area contributed by atoms with Crippen molar-refractivity contribution in [3.63, 3.8) is 0 Å². The number of alkyl carbamates (subject to hydrolysis) is 2. The van der Waals surface area contributed by atoms with E-state index in [9.17, 15) is 28.8 Å². The van der Waals surface area contributed by atoms with E-state index >= 15 is 0 Å². The van der Waals surface area contributed by atoms with Crippen LogP contribution >= 0.6 is 58.0 Å². The van der Waals surface area contributed by atoms with E-state index in [1.54, 1.807) is 126 Å². The minimum Gasteiger partial charge on any atom is -0.467 e. The molecular formula is C44H49Cl5N4O10. The van der Waals surface area contributed by atoms with Crippen molar-refractivity contribution in [3.05, 3.63) is 127 Å². The van der Waals surface area contributed by atoms with E-state index in [1.165, 1.54) is 14.2 Å². The van der Waals surface area contributed by atoms with E-state index in [0.29, 0.717) is 17.8 Å². The average Bonchev–Trinajstić information content (AvgIpc) is 3.17.